The first-order valence-electron chi connectivity index (χ1n) is 5.30. The van der Waals surface area contributed by atoms with Crippen LogP contribution in [0.4, 0.5) is 0 Å². The first-order chi connectivity index (χ1) is 8.86. The number of likely N-dealkylation sites (N-methyl/N-ethyl adjacent to an activating group) is 1. The number of rotatable bonds is 4. The van der Waals surface area contributed by atoms with E-state index < -0.39 is 5.97 Å². The molecule has 0 heterocycles. The number of phenolic OH excluding ortho intramolecular Hbond substituents is 1. The molecule has 0 bridgehead atoms. The Balaban J connectivity index is 2.83. The van der Waals surface area contributed by atoms with Gasteiger partial charge in [0.25, 0.3) is 5.91 Å². The van der Waals surface area contributed by atoms with Crippen molar-refractivity contribution < 1.29 is 24.2 Å². The molecule has 0 aliphatic carbocycles. The summed E-state index contributed by atoms with van der Waals surface area (Å²) in [6.45, 7) is -0.341. The van der Waals surface area contributed by atoms with Gasteiger partial charge in [-0.3, -0.25) is 4.79 Å². The fourth-order valence-electron chi connectivity index (χ4n) is 1.19. The Morgan fingerprint density at radius 3 is 2.53 bits per heavy atom. The van der Waals surface area contributed by atoms with Crippen molar-refractivity contribution in [2.75, 3.05) is 27.8 Å². The fraction of sp³-hybridized carbons (Fsp3) is 0.333. The van der Waals surface area contributed by atoms with E-state index in [9.17, 15) is 14.7 Å². The molecular weight excluding hydrogens is 318 g/mol. The highest BCUT2D eigenvalue weighted by Gasteiger charge is 2.16. The lowest BCUT2D eigenvalue weighted by atomic mass is 10.2. The number of nitrogens with zero attached hydrogens (tertiary/aromatic N) is 1. The lowest BCUT2D eigenvalue weighted by Gasteiger charge is -2.11. The standard InChI is InChI=1S/C12H14BrNO5/c1-14(2)10(15)6-19-12(17)7-4-8(13)11(16)9(5-7)18-3/h4-5,16H,6H2,1-3H3. The summed E-state index contributed by atoms with van der Waals surface area (Å²) in [5, 5.41) is 9.61. The van der Waals surface area contributed by atoms with Crippen LogP contribution in [0.25, 0.3) is 0 Å². The number of carbonyl (C=O) groups excluding carboxylic acids is 2. The first-order valence-corrected chi connectivity index (χ1v) is 6.10. The molecule has 0 saturated carbocycles. The minimum atomic E-state index is -0.672. The van der Waals surface area contributed by atoms with Gasteiger partial charge in [-0.05, 0) is 28.1 Å². The van der Waals surface area contributed by atoms with Crippen molar-refractivity contribution in [3.8, 4) is 11.5 Å². The Kier molecular flexibility index (Phi) is 5.17. The molecule has 6 nitrogen and oxygen atoms in total. The molecule has 0 aromatic heterocycles. The molecule has 0 spiro atoms. The largest absolute Gasteiger partial charge is 0.503 e. The van der Waals surface area contributed by atoms with Crippen LogP contribution in [0.3, 0.4) is 0 Å². The van der Waals surface area contributed by atoms with Gasteiger partial charge in [0.2, 0.25) is 0 Å². The number of hydrogen-bond donors (Lipinski definition) is 1. The minimum absolute atomic E-state index is 0.108. The zero-order valence-electron chi connectivity index (χ0n) is 10.8. The number of benzene rings is 1. The van der Waals surface area contributed by atoms with Crippen LogP contribution in [0.15, 0.2) is 16.6 Å². The summed E-state index contributed by atoms with van der Waals surface area (Å²) in [6.07, 6.45) is 0. The van der Waals surface area contributed by atoms with E-state index in [1.165, 1.54) is 24.1 Å². The van der Waals surface area contributed by atoms with Gasteiger partial charge in [-0.2, -0.15) is 0 Å². The average Bonchev–Trinajstić information content (AvgIpc) is 2.38. The Morgan fingerprint density at radius 2 is 2.00 bits per heavy atom. The fourth-order valence-corrected chi connectivity index (χ4v) is 1.63. The molecule has 1 aromatic rings. The quantitative estimate of drug-likeness (QED) is 0.844. The smallest absolute Gasteiger partial charge is 0.338 e. The van der Waals surface area contributed by atoms with Gasteiger partial charge in [0.15, 0.2) is 18.1 Å². The number of phenols is 1. The van der Waals surface area contributed by atoms with Crippen molar-refractivity contribution in [2.45, 2.75) is 0 Å². The van der Waals surface area contributed by atoms with Crippen LogP contribution < -0.4 is 4.74 Å². The number of amides is 1. The first kappa shape index (κ1) is 15.3. The second-order valence-corrected chi connectivity index (χ2v) is 4.73. The molecule has 1 amide bonds. The van der Waals surface area contributed by atoms with Crippen molar-refractivity contribution in [2.24, 2.45) is 0 Å². The molecule has 0 fully saturated rings. The van der Waals surface area contributed by atoms with Crippen molar-refractivity contribution in [3.05, 3.63) is 22.2 Å². The van der Waals surface area contributed by atoms with Crippen LogP contribution in [0.1, 0.15) is 10.4 Å². The van der Waals surface area contributed by atoms with E-state index >= 15 is 0 Å². The third-order valence-corrected chi connectivity index (χ3v) is 2.91. The summed E-state index contributed by atoms with van der Waals surface area (Å²) in [5.74, 6) is -0.962. The molecule has 104 valence electrons. The second-order valence-electron chi connectivity index (χ2n) is 3.87. The van der Waals surface area contributed by atoms with E-state index in [2.05, 4.69) is 15.9 Å². The zero-order chi connectivity index (χ0) is 14.6. The predicted octanol–water partition coefficient (Wildman–Crippen LogP) is 1.41. The Morgan fingerprint density at radius 1 is 1.37 bits per heavy atom. The molecular formula is C12H14BrNO5. The summed E-state index contributed by atoms with van der Waals surface area (Å²) in [7, 11) is 4.50. The molecule has 0 unspecified atom stereocenters. The van der Waals surface area contributed by atoms with Crippen LogP contribution >= 0.6 is 15.9 Å². The molecule has 0 saturated heterocycles. The lowest BCUT2D eigenvalue weighted by molar-refractivity contribution is -0.131. The number of methoxy groups -OCH3 is 1. The summed E-state index contributed by atoms with van der Waals surface area (Å²) in [4.78, 5) is 24.4. The SMILES string of the molecule is COc1cc(C(=O)OCC(=O)N(C)C)cc(Br)c1O. The highest BCUT2D eigenvalue weighted by Crippen LogP contribution is 2.35. The predicted molar refractivity (Wildman–Crippen MR) is 71.3 cm³/mol. The number of esters is 1. The molecule has 0 aliphatic rings. The van der Waals surface area contributed by atoms with E-state index in [-0.39, 0.29) is 29.6 Å². The number of aromatic hydroxyl groups is 1. The third-order valence-electron chi connectivity index (χ3n) is 2.31. The van der Waals surface area contributed by atoms with E-state index in [1.807, 2.05) is 0 Å². The van der Waals surface area contributed by atoms with Crippen LogP contribution in [-0.2, 0) is 9.53 Å². The van der Waals surface area contributed by atoms with E-state index in [1.54, 1.807) is 14.1 Å². The van der Waals surface area contributed by atoms with Crippen LogP contribution in [0, 0.1) is 0 Å². The van der Waals surface area contributed by atoms with E-state index in [4.69, 9.17) is 9.47 Å². The van der Waals surface area contributed by atoms with Gasteiger partial charge in [-0.1, -0.05) is 0 Å². The van der Waals surface area contributed by atoms with Gasteiger partial charge < -0.3 is 19.5 Å². The molecule has 1 aromatic carbocycles. The molecule has 0 radical (unpaired) electrons. The number of halogens is 1. The van der Waals surface area contributed by atoms with Crippen molar-refractivity contribution in [1.82, 2.24) is 4.90 Å². The maximum atomic E-state index is 11.8. The van der Waals surface area contributed by atoms with Gasteiger partial charge in [0.05, 0.1) is 17.1 Å². The Bertz CT molecular complexity index is 501. The second kappa shape index (κ2) is 6.42. The summed E-state index contributed by atoms with van der Waals surface area (Å²) in [6, 6.07) is 2.73. The van der Waals surface area contributed by atoms with Crippen LogP contribution in [0.5, 0.6) is 11.5 Å². The molecule has 0 aliphatic heterocycles. The van der Waals surface area contributed by atoms with Crippen molar-refractivity contribution >= 4 is 27.8 Å². The van der Waals surface area contributed by atoms with Crippen LogP contribution in [0.2, 0.25) is 0 Å². The highest BCUT2D eigenvalue weighted by molar-refractivity contribution is 9.10. The number of carbonyl (C=O) groups is 2. The monoisotopic (exact) mass is 331 g/mol. The van der Waals surface area contributed by atoms with Gasteiger partial charge in [0, 0.05) is 14.1 Å². The summed E-state index contributed by atoms with van der Waals surface area (Å²) >= 11 is 3.10. The highest BCUT2D eigenvalue weighted by atomic mass is 79.9. The maximum absolute atomic E-state index is 11.8. The van der Waals surface area contributed by atoms with Crippen molar-refractivity contribution in [3.63, 3.8) is 0 Å². The summed E-state index contributed by atoms with van der Waals surface area (Å²) < 4.78 is 10.1. The van der Waals surface area contributed by atoms with E-state index in [0.29, 0.717) is 4.47 Å². The number of ether oxygens (including phenoxy) is 2. The van der Waals surface area contributed by atoms with Gasteiger partial charge in [-0.25, -0.2) is 4.79 Å². The molecule has 19 heavy (non-hydrogen) atoms. The van der Waals surface area contributed by atoms with Crippen molar-refractivity contribution in [1.29, 1.82) is 0 Å². The molecule has 1 rings (SSSR count). The number of hydrogen-bond acceptors (Lipinski definition) is 5. The topological polar surface area (TPSA) is 76.1 Å². The Hall–Kier alpha value is -1.76. The molecule has 7 heteroatoms. The average molecular weight is 332 g/mol. The van der Waals surface area contributed by atoms with E-state index in [0.717, 1.165) is 0 Å². The molecule has 1 N–H and O–H groups in total. The van der Waals surface area contributed by atoms with Crippen LogP contribution in [-0.4, -0.2) is 49.7 Å². The zero-order valence-corrected chi connectivity index (χ0v) is 12.4. The molecule has 0 atom stereocenters. The maximum Gasteiger partial charge on any atom is 0.338 e. The minimum Gasteiger partial charge on any atom is -0.503 e. The van der Waals surface area contributed by atoms with Gasteiger partial charge >= 0.3 is 5.97 Å². The summed E-state index contributed by atoms with van der Waals surface area (Å²) in [5.41, 5.74) is 0.174. The van der Waals surface area contributed by atoms with Gasteiger partial charge in [-0.15, -0.1) is 0 Å². The lowest BCUT2D eigenvalue weighted by Crippen LogP contribution is -2.27. The normalized spacial score (nSPS) is 9.89. The Labute approximate surface area is 119 Å². The van der Waals surface area contributed by atoms with Gasteiger partial charge in [0.1, 0.15) is 0 Å². The third kappa shape index (κ3) is 3.85.